The maximum Gasteiger partial charge on any atom is 0.410 e. The summed E-state index contributed by atoms with van der Waals surface area (Å²) in [6.45, 7) is 5.34. The van der Waals surface area contributed by atoms with Crippen LogP contribution in [0.15, 0.2) is 30.6 Å². The Bertz CT molecular complexity index is 1500. The third-order valence-electron chi connectivity index (χ3n) is 5.88. The standard InChI is InChI=1S/C24H26FN7O4/c1-23(2,3)36-22(34)32-11-24(35,12-32)10-28-21(33)15-8-26-20-19(15)29-16(9-27-20)18-14-6-5-13(25)7-17(14)31(4)30-18/h5-9,35H,10-12H2,1-4H3,(H,26,27)(H,28,33). The minimum Gasteiger partial charge on any atom is -0.444 e. The average molecular weight is 496 g/mol. The van der Waals surface area contributed by atoms with Crippen molar-refractivity contribution in [2.45, 2.75) is 32.0 Å². The molecule has 1 aliphatic rings. The molecule has 3 aromatic heterocycles. The van der Waals surface area contributed by atoms with Gasteiger partial charge in [0.25, 0.3) is 5.91 Å². The lowest BCUT2D eigenvalue weighted by molar-refractivity contribution is -0.0948. The van der Waals surface area contributed by atoms with Gasteiger partial charge in [0.1, 0.15) is 33.9 Å². The van der Waals surface area contributed by atoms with Gasteiger partial charge in [0.15, 0.2) is 5.65 Å². The van der Waals surface area contributed by atoms with Crippen LogP contribution in [0, 0.1) is 5.82 Å². The van der Waals surface area contributed by atoms with Gasteiger partial charge in [-0.1, -0.05) is 0 Å². The molecule has 4 aromatic rings. The second-order valence-electron chi connectivity index (χ2n) is 10.0. The molecule has 2 amide bonds. The molecule has 188 valence electrons. The number of nitrogens with one attached hydrogen (secondary N) is 2. The number of aromatic amines is 1. The number of aliphatic hydroxyl groups is 1. The quantitative estimate of drug-likeness (QED) is 0.395. The van der Waals surface area contributed by atoms with Crippen LogP contribution in [0.5, 0.6) is 0 Å². The van der Waals surface area contributed by atoms with Crippen molar-refractivity contribution in [3.05, 3.63) is 42.0 Å². The highest BCUT2D eigenvalue weighted by molar-refractivity contribution is 6.05. The Morgan fingerprint density at radius 3 is 2.78 bits per heavy atom. The van der Waals surface area contributed by atoms with Gasteiger partial charge in [0.05, 0.1) is 36.9 Å². The summed E-state index contributed by atoms with van der Waals surface area (Å²) in [5.74, 6) is -0.824. The summed E-state index contributed by atoms with van der Waals surface area (Å²) in [7, 11) is 1.71. The van der Waals surface area contributed by atoms with E-state index in [-0.39, 0.29) is 31.0 Å². The molecule has 0 saturated carbocycles. The largest absolute Gasteiger partial charge is 0.444 e. The van der Waals surface area contributed by atoms with Crippen LogP contribution in [-0.4, -0.2) is 77.6 Å². The molecule has 4 heterocycles. The van der Waals surface area contributed by atoms with Crippen molar-refractivity contribution in [3.8, 4) is 11.4 Å². The summed E-state index contributed by atoms with van der Waals surface area (Å²) < 4.78 is 20.5. The fourth-order valence-corrected chi connectivity index (χ4v) is 4.17. The SMILES string of the molecule is Cn1nc(-c2cnc3[nH]cc(C(=O)NCC4(O)CN(C(=O)OC(C)(C)C)C4)c3n2)c2ccc(F)cc21. The number of likely N-dealkylation sites (tertiary alicyclic amines) is 1. The Hall–Kier alpha value is -4.06. The highest BCUT2D eigenvalue weighted by Gasteiger charge is 2.45. The van der Waals surface area contributed by atoms with Gasteiger partial charge in [0, 0.05) is 18.6 Å². The number of H-pyrrole nitrogens is 1. The lowest BCUT2D eigenvalue weighted by Gasteiger charge is -2.46. The molecule has 0 unspecified atom stereocenters. The maximum absolute atomic E-state index is 13.7. The van der Waals surface area contributed by atoms with Crippen LogP contribution in [-0.2, 0) is 11.8 Å². The third-order valence-corrected chi connectivity index (χ3v) is 5.88. The van der Waals surface area contributed by atoms with Crippen LogP contribution in [0.3, 0.4) is 0 Å². The van der Waals surface area contributed by atoms with Crippen LogP contribution >= 0.6 is 0 Å². The van der Waals surface area contributed by atoms with Gasteiger partial charge < -0.3 is 25.0 Å². The molecular weight excluding hydrogens is 469 g/mol. The molecule has 1 aromatic carbocycles. The molecule has 3 N–H and O–H groups in total. The number of carbonyl (C=O) groups excluding carboxylic acids is 2. The van der Waals surface area contributed by atoms with Crippen molar-refractivity contribution >= 4 is 34.1 Å². The van der Waals surface area contributed by atoms with E-state index in [0.717, 1.165) is 0 Å². The minimum absolute atomic E-state index is 0.0490. The van der Waals surface area contributed by atoms with Crippen LogP contribution in [0.4, 0.5) is 9.18 Å². The van der Waals surface area contributed by atoms with E-state index < -0.39 is 23.2 Å². The Kier molecular flexibility index (Phi) is 5.43. The molecule has 11 nitrogen and oxygen atoms in total. The third kappa shape index (κ3) is 4.35. The van der Waals surface area contributed by atoms with Crippen molar-refractivity contribution < 1.29 is 23.8 Å². The lowest BCUT2D eigenvalue weighted by Crippen LogP contribution is -2.68. The zero-order valence-corrected chi connectivity index (χ0v) is 20.3. The number of hydrogen-bond acceptors (Lipinski definition) is 7. The molecular formula is C24H26FN7O4. The summed E-state index contributed by atoms with van der Waals surface area (Å²) in [6.07, 6.45) is 2.52. The Morgan fingerprint density at radius 1 is 1.31 bits per heavy atom. The summed E-state index contributed by atoms with van der Waals surface area (Å²) >= 11 is 0. The lowest BCUT2D eigenvalue weighted by atomic mass is 9.94. The van der Waals surface area contributed by atoms with E-state index in [9.17, 15) is 19.1 Å². The van der Waals surface area contributed by atoms with Crippen LogP contribution in [0.1, 0.15) is 31.1 Å². The summed E-state index contributed by atoms with van der Waals surface area (Å²) in [4.78, 5) is 38.3. The molecule has 12 heteroatoms. The number of ether oxygens (including phenoxy) is 1. The first-order chi connectivity index (χ1) is 16.9. The zero-order valence-electron chi connectivity index (χ0n) is 20.3. The zero-order chi connectivity index (χ0) is 25.8. The Balaban J connectivity index is 1.32. The fourth-order valence-electron chi connectivity index (χ4n) is 4.17. The first kappa shape index (κ1) is 23.7. The number of fused-ring (bicyclic) bond motifs is 2. The van der Waals surface area contributed by atoms with Gasteiger partial charge in [-0.25, -0.2) is 19.2 Å². The van der Waals surface area contributed by atoms with Crippen molar-refractivity contribution in [1.82, 2.24) is 34.9 Å². The number of amides is 2. The molecule has 36 heavy (non-hydrogen) atoms. The highest BCUT2D eigenvalue weighted by Crippen LogP contribution is 2.28. The molecule has 0 atom stereocenters. The molecule has 1 aliphatic heterocycles. The van der Waals surface area contributed by atoms with E-state index in [4.69, 9.17) is 4.74 Å². The van der Waals surface area contributed by atoms with E-state index in [2.05, 4.69) is 25.4 Å². The molecule has 0 spiro atoms. The number of carbonyl (C=O) groups is 2. The van der Waals surface area contributed by atoms with E-state index in [1.165, 1.54) is 29.4 Å². The predicted molar refractivity (Wildman–Crippen MR) is 129 cm³/mol. The van der Waals surface area contributed by atoms with Crippen LogP contribution in [0.2, 0.25) is 0 Å². The van der Waals surface area contributed by atoms with E-state index >= 15 is 0 Å². The number of benzene rings is 1. The summed E-state index contributed by atoms with van der Waals surface area (Å²) in [6, 6.07) is 4.37. The number of aryl methyl sites for hydroxylation is 1. The van der Waals surface area contributed by atoms with Gasteiger partial charge >= 0.3 is 6.09 Å². The van der Waals surface area contributed by atoms with Crippen molar-refractivity contribution in [2.75, 3.05) is 19.6 Å². The number of aromatic nitrogens is 5. The smallest absolute Gasteiger partial charge is 0.410 e. The average Bonchev–Trinajstić information content (AvgIpc) is 3.35. The predicted octanol–water partition coefficient (Wildman–Crippen LogP) is 2.36. The monoisotopic (exact) mass is 495 g/mol. The molecule has 0 radical (unpaired) electrons. The minimum atomic E-state index is -1.25. The molecule has 5 rings (SSSR count). The topological polar surface area (TPSA) is 138 Å². The van der Waals surface area contributed by atoms with Gasteiger partial charge in [-0.05, 0) is 39.0 Å². The Morgan fingerprint density at radius 2 is 2.06 bits per heavy atom. The van der Waals surface area contributed by atoms with Gasteiger partial charge in [-0.2, -0.15) is 5.10 Å². The number of halogens is 1. The van der Waals surface area contributed by atoms with Gasteiger partial charge in [-0.3, -0.25) is 9.48 Å². The number of hydrogen-bond donors (Lipinski definition) is 3. The molecule has 0 bridgehead atoms. The van der Waals surface area contributed by atoms with E-state index in [0.29, 0.717) is 33.5 Å². The first-order valence-corrected chi connectivity index (χ1v) is 11.4. The second-order valence-corrected chi connectivity index (χ2v) is 10.0. The summed E-state index contributed by atoms with van der Waals surface area (Å²) in [5.41, 5.74) is 0.657. The molecule has 1 saturated heterocycles. The molecule has 1 fully saturated rings. The van der Waals surface area contributed by atoms with Crippen LogP contribution < -0.4 is 5.32 Å². The number of rotatable bonds is 4. The normalized spacial score (nSPS) is 15.2. The van der Waals surface area contributed by atoms with Gasteiger partial charge in [-0.15, -0.1) is 0 Å². The number of nitrogens with zero attached hydrogens (tertiary/aromatic N) is 5. The van der Waals surface area contributed by atoms with Gasteiger partial charge in [0.2, 0.25) is 0 Å². The van der Waals surface area contributed by atoms with Crippen molar-refractivity contribution in [1.29, 1.82) is 0 Å². The van der Waals surface area contributed by atoms with Crippen LogP contribution in [0.25, 0.3) is 33.5 Å². The summed E-state index contributed by atoms with van der Waals surface area (Å²) in [5, 5.41) is 18.5. The number of β-amino-alcohol motifs (C(OH)–C–C–N with tert-alkyl or cyclic N) is 1. The first-order valence-electron chi connectivity index (χ1n) is 11.4. The van der Waals surface area contributed by atoms with E-state index in [1.807, 2.05) is 0 Å². The maximum atomic E-state index is 13.7. The molecule has 0 aliphatic carbocycles. The second kappa shape index (κ2) is 8.26. The fraction of sp³-hybridized carbons (Fsp3) is 0.375. The highest BCUT2D eigenvalue weighted by atomic mass is 19.1. The van der Waals surface area contributed by atoms with Crippen molar-refractivity contribution in [2.24, 2.45) is 7.05 Å². The Labute approximate surface area is 205 Å². The van der Waals surface area contributed by atoms with E-state index in [1.54, 1.807) is 38.6 Å². The van der Waals surface area contributed by atoms with Crippen molar-refractivity contribution in [3.63, 3.8) is 0 Å².